The van der Waals surface area contributed by atoms with E-state index < -0.39 is 0 Å². The summed E-state index contributed by atoms with van der Waals surface area (Å²) in [6.45, 7) is 0.871. The summed E-state index contributed by atoms with van der Waals surface area (Å²) in [5.74, 6) is 1.32. The number of thioether (sulfide) groups is 1. The van der Waals surface area contributed by atoms with E-state index in [9.17, 15) is 0 Å². The first-order valence-electron chi connectivity index (χ1n) is 7.87. The lowest BCUT2D eigenvalue weighted by Gasteiger charge is -2.34. The molecule has 2 nitrogen and oxygen atoms in total. The number of fused-ring (bicyclic) bond motifs is 1. The second-order valence-electron chi connectivity index (χ2n) is 5.84. The van der Waals surface area contributed by atoms with Crippen LogP contribution in [-0.2, 0) is 11.2 Å². The van der Waals surface area contributed by atoms with Crippen LogP contribution < -0.4 is 5.32 Å². The van der Waals surface area contributed by atoms with Crippen LogP contribution in [0.1, 0.15) is 42.9 Å². The van der Waals surface area contributed by atoms with Gasteiger partial charge in [0.05, 0.1) is 12.7 Å². The van der Waals surface area contributed by atoms with Gasteiger partial charge in [-0.15, -0.1) is 0 Å². The van der Waals surface area contributed by atoms with Gasteiger partial charge in [0.25, 0.3) is 0 Å². The third-order valence-electron chi connectivity index (χ3n) is 4.59. The minimum absolute atomic E-state index is 0.278. The van der Waals surface area contributed by atoms with Gasteiger partial charge in [-0.1, -0.05) is 30.7 Å². The number of ether oxygens (including phenoxy) is 1. The molecule has 0 radical (unpaired) electrons. The molecular weight excluding hydrogens is 266 g/mol. The Morgan fingerprint density at radius 3 is 3.05 bits per heavy atom. The Balaban J connectivity index is 1.70. The van der Waals surface area contributed by atoms with E-state index in [1.54, 1.807) is 0 Å². The highest BCUT2D eigenvalue weighted by molar-refractivity contribution is 8.00. The molecule has 1 saturated heterocycles. The summed E-state index contributed by atoms with van der Waals surface area (Å²) in [6.07, 6.45) is 6.57. The molecule has 2 aliphatic heterocycles. The second kappa shape index (κ2) is 6.97. The molecule has 2 heterocycles. The molecule has 3 atom stereocenters. The third kappa shape index (κ3) is 3.21. The number of hydrogen-bond donors (Lipinski definition) is 1. The normalized spacial score (nSPS) is 27.9. The summed E-state index contributed by atoms with van der Waals surface area (Å²) < 4.78 is 6.08. The summed E-state index contributed by atoms with van der Waals surface area (Å²) in [6, 6.07) is 9.36. The maximum absolute atomic E-state index is 6.08. The molecule has 3 rings (SSSR count). The Bertz CT molecular complexity index is 431. The first kappa shape index (κ1) is 14.4. The van der Waals surface area contributed by atoms with E-state index in [1.165, 1.54) is 36.1 Å². The van der Waals surface area contributed by atoms with E-state index in [0.717, 1.165) is 24.7 Å². The highest BCUT2D eigenvalue weighted by Gasteiger charge is 2.29. The first-order valence-corrected chi connectivity index (χ1v) is 8.91. The van der Waals surface area contributed by atoms with Gasteiger partial charge in [0.1, 0.15) is 0 Å². The number of rotatable bonds is 4. The Kier molecular flexibility index (Phi) is 5.03. The Morgan fingerprint density at radius 1 is 1.35 bits per heavy atom. The maximum Gasteiger partial charge on any atom is 0.0843 e. The molecule has 3 unspecified atom stereocenters. The van der Waals surface area contributed by atoms with Crippen LogP contribution in [0.3, 0.4) is 0 Å². The predicted octanol–water partition coefficient (Wildman–Crippen LogP) is 3.56. The van der Waals surface area contributed by atoms with E-state index in [1.807, 2.05) is 0 Å². The lowest BCUT2D eigenvalue weighted by molar-refractivity contribution is 0.0296. The molecule has 1 aromatic carbocycles. The van der Waals surface area contributed by atoms with Crippen LogP contribution in [0.15, 0.2) is 24.3 Å². The number of benzene rings is 1. The molecule has 0 aromatic heterocycles. The van der Waals surface area contributed by atoms with Crippen LogP contribution >= 0.6 is 11.8 Å². The summed E-state index contributed by atoms with van der Waals surface area (Å²) >= 11 is 2.15. The molecule has 0 amide bonds. The van der Waals surface area contributed by atoms with Crippen molar-refractivity contribution in [2.45, 2.75) is 49.5 Å². The molecule has 1 fully saturated rings. The molecule has 20 heavy (non-hydrogen) atoms. The standard InChI is InChI=1S/C17H25NOS/c1-18-15(17-8-4-5-11-20-17)12-16-14-7-3-2-6-13(14)9-10-19-16/h2-3,6-7,15-18H,4-5,8-12H2,1H3. The fourth-order valence-corrected chi connectivity index (χ4v) is 4.93. The lowest BCUT2D eigenvalue weighted by atomic mass is 9.92. The average molecular weight is 291 g/mol. The van der Waals surface area contributed by atoms with Gasteiger partial charge in [0.2, 0.25) is 0 Å². The van der Waals surface area contributed by atoms with Gasteiger partial charge < -0.3 is 10.1 Å². The van der Waals surface area contributed by atoms with Gasteiger partial charge in [-0.3, -0.25) is 0 Å². The number of nitrogens with one attached hydrogen (secondary N) is 1. The Labute approximate surface area is 126 Å². The van der Waals surface area contributed by atoms with E-state index in [4.69, 9.17) is 4.74 Å². The van der Waals surface area contributed by atoms with Crippen molar-refractivity contribution >= 4 is 11.8 Å². The largest absolute Gasteiger partial charge is 0.373 e. The van der Waals surface area contributed by atoms with Crippen LogP contribution in [-0.4, -0.2) is 30.7 Å². The van der Waals surface area contributed by atoms with Gasteiger partial charge >= 0.3 is 0 Å². The molecule has 2 aliphatic rings. The molecule has 1 N–H and O–H groups in total. The highest BCUT2D eigenvalue weighted by Crippen LogP contribution is 2.35. The van der Waals surface area contributed by atoms with Gasteiger partial charge in [-0.2, -0.15) is 11.8 Å². The van der Waals surface area contributed by atoms with Gasteiger partial charge in [-0.25, -0.2) is 0 Å². The molecule has 0 spiro atoms. The third-order valence-corrected chi connectivity index (χ3v) is 6.11. The maximum atomic E-state index is 6.08. The van der Waals surface area contributed by atoms with Crippen molar-refractivity contribution in [2.24, 2.45) is 0 Å². The van der Waals surface area contributed by atoms with E-state index in [2.05, 4.69) is 48.4 Å². The van der Waals surface area contributed by atoms with E-state index in [-0.39, 0.29) is 6.10 Å². The predicted molar refractivity (Wildman–Crippen MR) is 86.4 cm³/mol. The molecule has 0 bridgehead atoms. The smallest absolute Gasteiger partial charge is 0.0843 e. The van der Waals surface area contributed by atoms with Gasteiger partial charge in [0.15, 0.2) is 0 Å². The van der Waals surface area contributed by atoms with Crippen molar-refractivity contribution in [3.63, 3.8) is 0 Å². The van der Waals surface area contributed by atoms with Crippen LogP contribution in [0.25, 0.3) is 0 Å². The fourth-order valence-electron chi connectivity index (χ4n) is 3.44. The van der Waals surface area contributed by atoms with Crippen LogP contribution in [0.5, 0.6) is 0 Å². The van der Waals surface area contributed by atoms with Gasteiger partial charge in [-0.05, 0) is 49.6 Å². The molecule has 3 heteroatoms. The van der Waals surface area contributed by atoms with Crippen molar-refractivity contribution in [1.82, 2.24) is 5.32 Å². The van der Waals surface area contributed by atoms with Crippen molar-refractivity contribution in [1.29, 1.82) is 0 Å². The Morgan fingerprint density at radius 2 is 2.25 bits per heavy atom. The second-order valence-corrected chi connectivity index (χ2v) is 7.19. The highest BCUT2D eigenvalue weighted by atomic mass is 32.2. The van der Waals surface area contributed by atoms with Gasteiger partial charge in [0, 0.05) is 11.3 Å². The van der Waals surface area contributed by atoms with Crippen molar-refractivity contribution in [2.75, 3.05) is 19.4 Å². The fraction of sp³-hybridized carbons (Fsp3) is 0.647. The topological polar surface area (TPSA) is 21.3 Å². The zero-order valence-corrected chi connectivity index (χ0v) is 13.1. The number of hydrogen-bond acceptors (Lipinski definition) is 3. The summed E-state index contributed by atoms with van der Waals surface area (Å²) in [5.41, 5.74) is 2.90. The van der Waals surface area contributed by atoms with Crippen molar-refractivity contribution in [3.8, 4) is 0 Å². The Hall–Kier alpha value is -0.510. The summed E-state index contributed by atoms with van der Waals surface area (Å²) in [5, 5.41) is 4.31. The lowest BCUT2D eigenvalue weighted by Crippen LogP contribution is -2.39. The van der Waals surface area contributed by atoms with Crippen molar-refractivity contribution < 1.29 is 4.74 Å². The van der Waals surface area contributed by atoms with Crippen LogP contribution in [0.2, 0.25) is 0 Å². The van der Waals surface area contributed by atoms with Crippen LogP contribution in [0, 0.1) is 0 Å². The van der Waals surface area contributed by atoms with E-state index >= 15 is 0 Å². The molecule has 110 valence electrons. The van der Waals surface area contributed by atoms with Crippen LogP contribution in [0.4, 0.5) is 0 Å². The zero-order valence-electron chi connectivity index (χ0n) is 12.3. The quantitative estimate of drug-likeness (QED) is 0.916. The average Bonchev–Trinajstić information content (AvgIpc) is 2.53. The SMILES string of the molecule is CNC(CC1OCCc2ccccc21)C1CCCCS1. The molecule has 1 aromatic rings. The molecule has 0 saturated carbocycles. The first-order chi connectivity index (χ1) is 9.88. The summed E-state index contributed by atoms with van der Waals surface area (Å²) in [7, 11) is 2.11. The minimum atomic E-state index is 0.278. The molecular formula is C17H25NOS. The minimum Gasteiger partial charge on any atom is -0.373 e. The van der Waals surface area contributed by atoms with E-state index in [0.29, 0.717) is 6.04 Å². The summed E-state index contributed by atoms with van der Waals surface area (Å²) in [4.78, 5) is 0. The van der Waals surface area contributed by atoms with Crippen molar-refractivity contribution in [3.05, 3.63) is 35.4 Å². The monoisotopic (exact) mass is 291 g/mol. The molecule has 0 aliphatic carbocycles. The zero-order chi connectivity index (χ0) is 13.8.